The quantitative estimate of drug-likeness (QED) is 0.464. The van der Waals surface area contributed by atoms with Crippen molar-refractivity contribution in [3.63, 3.8) is 0 Å². The summed E-state index contributed by atoms with van der Waals surface area (Å²) in [6.45, 7) is 2.03. The van der Waals surface area contributed by atoms with Crippen molar-refractivity contribution in [1.29, 1.82) is 0 Å². The van der Waals surface area contributed by atoms with Gasteiger partial charge in [0.2, 0.25) is 5.24 Å². The van der Waals surface area contributed by atoms with Crippen molar-refractivity contribution in [1.82, 2.24) is 15.0 Å². The molecule has 8 heteroatoms. The number of anilines is 3. The Morgan fingerprint density at radius 1 is 1.29 bits per heavy atom. The first-order valence-corrected chi connectivity index (χ1v) is 11.1. The molecule has 1 aliphatic rings. The summed E-state index contributed by atoms with van der Waals surface area (Å²) >= 11 is 7.08. The number of nitrogens with zero attached hydrogens (tertiary/aromatic N) is 4. The molecule has 31 heavy (non-hydrogen) atoms. The van der Waals surface area contributed by atoms with E-state index < -0.39 is 0 Å². The molecule has 0 aliphatic heterocycles. The number of nitrogens with one attached hydrogen (secondary N) is 1. The standard InChI is InChI=1S/C23H22ClN5OS/c1-15-10-11-25-22(12-15)28-21-5-3-4-18(27-21)19-14-26-23(31-19)29(2)17-8-6-16(7-9-17)13-20(24)30/h3-6,8-12,14,16H,7,13H2,1-2H3,(H,25,27,28). The molecule has 3 aromatic rings. The highest BCUT2D eigenvalue weighted by atomic mass is 35.5. The van der Waals surface area contributed by atoms with E-state index in [1.165, 1.54) is 0 Å². The SMILES string of the molecule is Cc1ccnc(Nc2cccc(-c3cnc(N(C)C4=CCC(CC(=O)Cl)C=C4)s3)n2)c1. The fourth-order valence-corrected chi connectivity index (χ4v) is 4.35. The topological polar surface area (TPSA) is 71.0 Å². The Morgan fingerprint density at radius 2 is 2.16 bits per heavy atom. The van der Waals surface area contributed by atoms with Crippen molar-refractivity contribution in [2.24, 2.45) is 5.92 Å². The second kappa shape index (κ2) is 9.41. The van der Waals surface area contributed by atoms with Crippen molar-refractivity contribution >= 4 is 44.9 Å². The smallest absolute Gasteiger partial charge is 0.222 e. The van der Waals surface area contributed by atoms with E-state index in [0.29, 0.717) is 6.42 Å². The molecule has 0 aromatic carbocycles. The third kappa shape index (κ3) is 5.37. The summed E-state index contributed by atoms with van der Waals surface area (Å²) in [4.78, 5) is 27.8. The number of thiazole rings is 1. The fraction of sp³-hybridized carbons (Fsp3) is 0.217. The lowest BCUT2D eigenvalue weighted by Crippen LogP contribution is -2.17. The summed E-state index contributed by atoms with van der Waals surface area (Å²) in [6.07, 6.45) is 10.9. The number of rotatable bonds is 7. The van der Waals surface area contributed by atoms with Crippen LogP contribution in [0, 0.1) is 12.8 Å². The van der Waals surface area contributed by atoms with E-state index in [0.717, 1.165) is 45.0 Å². The zero-order valence-electron chi connectivity index (χ0n) is 17.2. The summed E-state index contributed by atoms with van der Waals surface area (Å²) in [7, 11) is 1.99. The lowest BCUT2D eigenvalue weighted by Gasteiger charge is -2.21. The predicted octanol–water partition coefficient (Wildman–Crippen LogP) is 5.70. The minimum atomic E-state index is -0.299. The monoisotopic (exact) mass is 451 g/mol. The summed E-state index contributed by atoms with van der Waals surface area (Å²) in [5.41, 5.74) is 3.03. The van der Waals surface area contributed by atoms with Gasteiger partial charge in [0.05, 0.1) is 10.6 Å². The molecular formula is C23H22ClN5OS. The number of allylic oxidation sites excluding steroid dienone is 3. The van der Waals surface area contributed by atoms with Crippen LogP contribution < -0.4 is 10.2 Å². The van der Waals surface area contributed by atoms with Crippen LogP contribution in [0.3, 0.4) is 0 Å². The van der Waals surface area contributed by atoms with E-state index in [1.54, 1.807) is 17.5 Å². The summed E-state index contributed by atoms with van der Waals surface area (Å²) in [5.74, 6) is 1.66. The van der Waals surface area contributed by atoms with Crippen molar-refractivity contribution in [3.05, 3.63) is 72.2 Å². The van der Waals surface area contributed by atoms with Gasteiger partial charge >= 0.3 is 0 Å². The summed E-state index contributed by atoms with van der Waals surface area (Å²) in [5, 5.41) is 3.83. The number of aromatic nitrogens is 3. The largest absolute Gasteiger partial charge is 0.325 e. The Balaban J connectivity index is 1.47. The molecule has 1 unspecified atom stereocenters. The van der Waals surface area contributed by atoms with Crippen LogP contribution in [-0.2, 0) is 4.79 Å². The molecule has 3 aromatic heterocycles. The molecule has 0 fully saturated rings. The number of hydrogen-bond acceptors (Lipinski definition) is 7. The lowest BCUT2D eigenvalue weighted by atomic mass is 9.96. The van der Waals surface area contributed by atoms with Crippen LogP contribution in [-0.4, -0.2) is 27.2 Å². The Kier molecular flexibility index (Phi) is 6.44. The van der Waals surface area contributed by atoms with E-state index >= 15 is 0 Å². The van der Waals surface area contributed by atoms with E-state index in [4.69, 9.17) is 16.6 Å². The molecule has 0 saturated carbocycles. The van der Waals surface area contributed by atoms with Crippen LogP contribution in [0.15, 0.2) is 66.7 Å². The highest BCUT2D eigenvalue weighted by Crippen LogP contribution is 2.33. The third-order valence-electron chi connectivity index (χ3n) is 4.93. The molecule has 0 radical (unpaired) electrons. The Hall–Kier alpha value is -3.03. The van der Waals surface area contributed by atoms with Crippen molar-refractivity contribution in [2.75, 3.05) is 17.3 Å². The lowest BCUT2D eigenvalue weighted by molar-refractivity contribution is -0.112. The van der Waals surface area contributed by atoms with Crippen LogP contribution >= 0.6 is 22.9 Å². The van der Waals surface area contributed by atoms with Gasteiger partial charge in [-0.2, -0.15) is 0 Å². The molecule has 0 saturated heterocycles. The molecule has 3 heterocycles. The summed E-state index contributed by atoms with van der Waals surface area (Å²) in [6, 6.07) is 9.79. The average molecular weight is 452 g/mol. The zero-order valence-corrected chi connectivity index (χ0v) is 18.8. The first kappa shape index (κ1) is 21.2. The number of likely N-dealkylation sites (N-methyl/N-ethyl adjacent to an activating group) is 1. The van der Waals surface area contributed by atoms with Crippen LogP contribution in [0.1, 0.15) is 18.4 Å². The van der Waals surface area contributed by atoms with Crippen LogP contribution in [0.25, 0.3) is 10.6 Å². The molecule has 0 spiro atoms. The van der Waals surface area contributed by atoms with E-state index in [2.05, 4.69) is 21.4 Å². The predicted molar refractivity (Wildman–Crippen MR) is 127 cm³/mol. The molecule has 6 nitrogen and oxygen atoms in total. The second-order valence-corrected chi connectivity index (χ2v) is 8.79. The van der Waals surface area contributed by atoms with Gasteiger partial charge in [0, 0.05) is 31.6 Å². The third-order valence-corrected chi connectivity index (χ3v) is 6.18. The van der Waals surface area contributed by atoms with E-state index in [-0.39, 0.29) is 11.2 Å². The minimum absolute atomic E-state index is 0.163. The molecule has 0 bridgehead atoms. The van der Waals surface area contributed by atoms with E-state index in [1.807, 2.05) is 67.6 Å². The molecule has 1 atom stereocenters. The highest BCUT2D eigenvalue weighted by Gasteiger charge is 2.17. The zero-order chi connectivity index (χ0) is 21.8. The van der Waals surface area contributed by atoms with Gasteiger partial charge in [0.15, 0.2) is 5.13 Å². The normalized spacial score (nSPS) is 15.5. The van der Waals surface area contributed by atoms with Gasteiger partial charge in [-0.05, 0) is 66.8 Å². The first-order valence-electron chi connectivity index (χ1n) is 9.91. The summed E-state index contributed by atoms with van der Waals surface area (Å²) < 4.78 is 0. The van der Waals surface area contributed by atoms with Gasteiger partial charge in [0.25, 0.3) is 0 Å². The van der Waals surface area contributed by atoms with Crippen LogP contribution in [0.5, 0.6) is 0 Å². The number of pyridine rings is 2. The number of halogens is 1. The molecule has 158 valence electrons. The van der Waals surface area contributed by atoms with Gasteiger partial charge < -0.3 is 10.2 Å². The second-order valence-electron chi connectivity index (χ2n) is 7.36. The Morgan fingerprint density at radius 3 is 2.90 bits per heavy atom. The van der Waals surface area contributed by atoms with Crippen molar-refractivity contribution < 1.29 is 4.79 Å². The van der Waals surface area contributed by atoms with Crippen molar-refractivity contribution in [2.45, 2.75) is 19.8 Å². The maximum atomic E-state index is 11.1. The molecule has 0 amide bonds. The van der Waals surface area contributed by atoms with Gasteiger partial charge in [-0.3, -0.25) is 4.79 Å². The molecular weight excluding hydrogens is 430 g/mol. The maximum absolute atomic E-state index is 11.1. The first-order chi connectivity index (χ1) is 15.0. The van der Waals surface area contributed by atoms with Gasteiger partial charge in [-0.15, -0.1) is 0 Å². The van der Waals surface area contributed by atoms with Gasteiger partial charge in [-0.25, -0.2) is 15.0 Å². The van der Waals surface area contributed by atoms with Crippen LogP contribution in [0.2, 0.25) is 0 Å². The molecule has 4 rings (SSSR count). The van der Waals surface area contributed by atoms with Gasteiger partial charge in [-0.1, -0.05) is 29.6 Å². The Labute approximate surface area is 190 Å². The number of hydrogen-bond donors (Lipinski definition) is 1. The average Bonchev–Trinajstić information content (AvgIpc) is 3.24. The van der Waals surface area contributed by atoms with E-state index in [9.17, 15) is 4.79 Å². The highest BCUT2D eigenvalue weighted by molar-refractivity contribution is 7.18. The number of carbonyl (C=O) groups excluding carboxylic acids is 1. The maximum Gasteiger partial charge on any atom is 0.222 e. The minimum Gasteiger partial charge on any atom is -0.325 e. The fourth-order valence-electron chi connectivity index (χ4n) is 3.29. The van der Waals surface area contributed by atoms with Crippen molar-refractivity contribution in [3.8, 4) is 10.6 Å². The number of carbonyl (C=O) groups is 1. The number of aryl methyl sites for hydroxylation is 1. The molecule has 1 N–H and O–H groups in total. The van der Waals surface area contributed by atoms with Crippen LogP contribution in [0.4, 0.5) is 16.8 Å². The Bertz CT molecular complexity index is 1160. The molecule has 1 aliphatic carbocycles. The van der Waals surface area contributed by atoms with Gasteiger partial charge in [0.1, 0.15) is 11.6 Å².